The van der Waals surface area contributed by atoms with Gasteiger partial charge in [-0.15, -0.1) is 0 Å². The molecule has 0 aliphatic carbocycles. The molecule has 0 radical (unpaired) electrons. The molecule has 0 atom stereocenters. The number of hydrogen-bond acceptors (Lipinski definition) is 4. The van der Waals surface area contributed by atoms with Crippen LogP contribution in [0, 0.1) is 0 Å². The molecule has 1 aromatic carbocycles. The second-order valence-electron chi connectivity index (χ2n) is 5.13. The molecule has 0 aliphatic heterocycles. The molecule has 19 heavy (non-hydrogen) atoms. The highest BCUT2D eigenvalue weighted by Crippen LogP contribution is 2.40. The van der Waals surface area contributed by atoms with Crippen LogP contribution in [-0.4, -0.2) is 23.3 Å². The van der Waals surface area contributed by atoms with Crippen LogP contribution in [0.4, 0.5) is 0 Å². The number of esters is 1. The number of carbonyl (C=O) groups is 1. The van der Waals surface area contributed by atoms with Gasteiger partial charge in [0.15, 0.2) is 0 Å². The van der Waals surface area contributed by atoms with Gasteiger partial charge in [-0.05, 0) is 40.3 Å². The summed E-state index contributed by atoms with van der Waals surface area (Å²) >= 11 is 3.24. The van der Waals surface area contributed by atoms with E-state index < -0.39 is 0 Å². The van der Waals surface area contributed by atoms with Crippen molar-refractivity contribution < 1.29 is 19.7 Å². The van der Waals surface area contributed by atoms with Gasteiger partial charge in [0.25, 0.3) is 0 Å². The van der Waals surface area contributed by atoms with Crippen LogP contribution in [0.2, 0.25) is 0 Å². The number of aromatic hydroxyl groups is 2. The topological polar surface area (TPSA) is 66.8 Å². The van der Waals surface area contributed by atoms with Gasteiger partial charge in [0, 0.05) is 18.1 Å². The molecule has 0 unspecified atom stereocenters. The van der Waals surface area contributed by atoms with Crippen LogP contribution in [0.25, 0.3) is 0 Å². The fourth-order valence-corrected chi connectivity index (χ4v) is 2.35. The Morgan fingerprint density at radius 2 is 1.95 bits per heavy atom. The van der Waals surface area contributed by atoms with Gasteiger partial charge in [-0.3, -0.25) is 4.79 Å². The molecular weight excluding hydrogens is 312 g/mol. The highest BCUT2D eigenvalue weighted by molar-refractivity contribution is 9.10. The molecule has 5 heteroatoms. The number of halogens is 1. The summed E-state index contributed by atoms with van der Waals surface area (Å²) in [6.45, 7) is 3.98. The number of benzene rings is 1. The molecule has 0 bridgehead atoms. The number of carbonyl (C=O) groups excluding carboxylic acids is 1. The molecule has 106 valence electrons. The van der Waals surface area contributed by atoms with Crippen molar-refractivity contribution in [2.45, 2.75) is 38.5 Å². The van der Waals surface area contributed by atoms with Gasteiger partial charge in [-0.25, -0.2) is 0 Å². The minimum Gasteiger partial charge on any atom is -0.508 e. The monoisotopic (exact) mass is 330 g/mol. The van der Waals surface area contributed by atoms with Gasteiger partial charge in [-0.1, -0.05) is 13.8 Å². The minimum absolute atomic E-state index is 0.00612. The maximum absolute atomic E-state index is 11.1. The summed E-state index contributed by atoms with van der Waals surface area (Å²) in [5.74, 6) is -0.165. The first-order valence-corrected chi connectivity index (χ1v) is 6.86. The summed E-state index contributed by atoms with van der Waals surface area (Å²) < 4.78 is 5.14. The van der Waals surface area contributed by atoms with Gasteiger partial charge >= 0.3 is 5.97 Å². The lowest BCUT2D eigenvalue weighted by Crippen LogP contribution is -2.18. The Labute approximate surface area is 121 Å². The van der Waals surface area contributed by atoms with Gasteiger partial charge in [0.1, 0.15) is 11.5 Å². The molecule has 4 nitrogen and oxygen atoms in total. The van der Waals surface area contributed by atoms with E-state index in [1.807, 2.05) is 13.8 Å². The lowest BCUT2D eigenvalue weighted by atomic mass is 9.79. The molecule has 0 spiro atoms. The van der Waals surface area contributed by atoms with E-state index in [9.17, 15) is 15.0 Å². The highest BCUT2D eigenvalue weighted by Gasteiger charge is 2.25. The third kappa shape index (κ3) is 4.13. The van der Waals surface area contributed by atoms with Crippen LogP contribution in [0.15, 0.2) is 16.6 Å². The lowest BCUT2D eigenvalue weighted by molar-refractivity contribution is -0.140. The first-order chi connectivity index (χ1) is 8.77. The summed E-state index contributed by atoms with van der Waals surface area (Å²) in [5.41, 5.74) is 0.441. The molecule has 0 aromatic heterocycles. The van der Waals surface area contributed by atoms with Crippen molar-refractivity contribution in [3.63, 3.8) is 0 Å². The van der Waals surface area contributed by atoms with Crippen molar-refractivity contribution in [1.82, 2.24) is 0 Å². The van der Waals surface area contributed by atoms with Crippen LogP contribution in [0.3, 0.4) is 0 Å². The fourth-order valence-electron chi connectivity index (χ4n) is 2.00. The second-order valence-corrected chi connectivity index (χ2v) is 5.99. The summed E-state index contributed by atoms with van der Waals surface area (Å²) in [6.07, 6.45) is 1.77. The van der Waals surface area contributed by atoms with E-state index in [0.717, 1.165) is 12.0 Å². The molecular formula is C14H19BrO4. The van der Waals surface area contributed by atoms with Gasteiger partial charge in [0.05, 0.1) is 11.6 Å². The first-order valence-electron chi connectivity index (χ1n) is 6.06. The van der Waals surface area contributed by atoms with Crippen LogP contribution >= 0.6 is 15.9 Å². The Balaban J connectivity index is 2.82. The fraction of sp³-hybridized carbons (Fsp3) is 0.500. The molecule has 0 saturated heterocycles. The number of phenolic OH excluding ortho intramolecular Hbond substituents is 2. The van der Waals surface area contributed by atoms with E-state index in [-0.39, 0.29) is 22.9 Å². The van der Waals surface area contributed by atoms with Crippen molar-refractivity contribution in [1.29, 1.82) is 0 Å². The summed E-state index contributed by atoms with van der Waals surface area (Å²) in [4.78, 5) is 11.1. The molecule has 0 heterocycles. The Morgan fingerprint density at radius 1 is 1.32 bits per heavy atom. The zero-order chi connectivity index (χ0) is 14.6. The number of ether oxygens (including phenoxy) is 1. The molecule has 0 fully saturated rings. The zero-order valence-electron chi connectivity index (χ0n) is 11.4. The number of phenols is 2. The SMILES string of the molecule is COC(=O)CCCC(C)(C)c1cc(Br)c(O)cc1O. The van der Waals surface area contributed by atoms with E-state index in [4.69, 9.17) is 0 Å². The number of rotatable bonds is 5. The lowest BCUT2D eigenvalue weighted by Gasteiger charge is -2.26. The molecule has 1 aromatic rings. The van der Waals surface area contributed by atoms with Gasteiger partial charge in [0.2, 0.25) is 0 Å². The Morgan fingerprint density at radius 3 is 2.53 bits per heavy atom. The maximum atomic E-state index is 11.1. The van der Waals surface area contributed by atoms with E-state index in [2.05, 4.69) is 20.7 Å². The predicted octanol–water partition coefficient (Wildman–Crippen LogP) is 3.48. The van der Waals surface area contributed by atoms with Crippen molar-refractivity contribution >= 4 is 21.9 Å². The normalized spacial score (nSPS) is 11.4. The van der Waals surface area contributed by atoms with Crippen molar-refractivity contribution in [2.75, 3.05) is 7.11 Å². The molecule has 0 saturated carbocycles. The standard InChI is InChI=1S/C14H19BrO4/c1-14(2,6-4-5-13(18)19-3)9-7-10(15)12(17)8-11(9)16/h7-8,16-17H,4-6H2,1-3H3. The maximum Gasteiger partial charge on any atom is 0.305 e. The van der Waals surface area contributed by atoms with E-state index in [1.165, 1.54) is 13.2 Å². The Hall–Kier alpha value is -1.23. The average Bonchev–Trinajstić information content (AvgIpc) is 2.33. The summed E-state index contributed by atoms with van der Waals surface area (Å²) in [6, 6.07) is 3.03. The molecule has 1 rings (SSSR count). The Kier molecular flexibility index (Phi) is 5.23. The largest absolute Gasteiger partial charge is 0.508 e. The Bertz CT molecular complexity index is 469. The molecule has 0 amide bonds. The van der Waals surface area contributed by atoms with Gasteiger partial charge in [-0.2, -0.15) is 0 Å². The third-order valence-corrected chi connectivity index (χ3v) is 3.84. The predicted molar refractivity (Wildman–Crippen MR) is 76.4 cm³/mol. The van der Waals surface area contributed by atoms with Crippen LogP contribution in [-0.2, 0) is 14.9 Å². The minimum atomic E-state index is -0.297. The van der Waals surface area contributed by atoms with Crippen molar-refractivity contribution in [3.05, 3.63) is 22.2 Å². The van der Waals surface area contributed by atoms with E-state index >= 15 is 0 Å². The van der Waals surface area contributed by atoms with E-state index in [0.29, 0.717) is 17.3 Å². The molecule has 2 N–H and O–H groups in total. The first kappa shape index (κ1) is 15.8. The quantitative estimate of drug-likeness (QED) is 0.811. The van der Waals surface area contributed by atoms with Crippen molar-refractivity contribution in [3.8, 4) is 11.5 Å². The molecule has 0 aliphatic rings. The summed E-state index contributed by atoms with van der Waals surface area (Å²) in [5, 5.41) is 19.4. The van der Waals surface area contributed by atoms with E-state index in [1.54, 1.807) is 6.07 Å². The zero-order valence-corrected chi connectivity index (χ0v) is 13.0. The van der Waals surface area contributed by atoms with Crippen LogP contribution in [0.1, 0.15) is 38.7 Å². The van der Waals surface area contributed by atoms with Crippen molar-refractivity contribution in [2.24, 2.45) is 0 Å². The summed E-state index contributed by atoms with van der Waals surface area (Å²) in [7, 11) is 1.37. The highest BCUT2D eigenvalue weighted by atomic mass is 79.9. The smallest absolute Gasteiger partial charge is 0.305 e. The van der Waals surface area contributed by atoms with Crippen LogP contribution < -0.4 is 0 Å². The number of methoxy groups -OCH3 is 1. The second kappa shape index (κ2) is 6.28. The van der Waals surface area contributed by atoms with Crippen LogP contribution in [0.5, 0.6) is 11.5 Å². The third-order valence-electron chi connectivity index (χ3n) is 3.20. The van der Waals surface area contributed by atoms with Gasteiger partial charge < -0.3 is 14.9 Å². The average molecular weight is 331 g/mol. The number of hydrogen-bond donors (Lipinski definition) is 2.